The SMILES string of the molecule is O=[N+]([O-])/C=C(/NC[C@H]1CCCO1)NNc1ccc(Cl)cn1. The summed E-state index contributed by atoms with van der Waals surface area (Å²) in [6.45, 7) is 1.24. The van der Waals surface area contributed by atoms with E-state index in [0.29, 0.717) is 17.4 Å². The Balaban J connectivity index is 1.86. The molecule has 1 aliphatic heterocycles. The number of halogens is 1. The predicted octanol–water partition coefficient (Wildman–Crippen LogP) is 1.50. The molecule has 0 aromatic carbocycles. The molecule has 1 fully saturated rings. The standard InChI is InChI=1S/C12H16ClN5O3/c13-9-3-4-11(14-6-9)16-17-12(8-18(19)20)15-7-10-2-1-5-21-10/h3-4,6,8,10,15,17H,1-2,5,7H2,(H,14,16)/b12-8-/t10-/m1/s1. The highest BCUT2D eigenvalue weighted by Gasteiger charge is 2.16. The minimum Gasteiger partial charge on any atom is -0.376 e. The summed E-state index contributed by atoms with van der Waals surface area (Å²) in [7, 11) is 0. The zero-order chi connectivity index (χ0) is 15.1. The van der Waals surface area contributed by atoms with Crippen LogP contribution in [0.3, 0.4) is 0 Å². The lowest BCUT2D eigenvalue weighted by Gasteiger charge is -2.15. The number of hydrogen-bond acceptors (Lipinski definition) is 7. The molecule has 2 rings (SSSR count). The molecule has 0 spiro atoms. The summed E-state index contributed by atoms with van der Waals surface area (Å²) in [5.74, 6) is 0.722. The molecule has 0 unspecified atom stereocenters. The summed E-state index contributed by atoms with van der Waals surface area (Å²) in [4.78, 5) is 14.1. The molecule has 3 N–H and O–H groups in total. The molecule has 0 amide bonds. The first-order valence-electron chi connectivity index (χ1n) is 6.48. The van der Waals surface area contributed by atoms with Gasteiger partial charge in [-0.15, -0.1) is 0 Å². The summed E-state index contributed by atoms with van der Waals surface area (Å²) in [5.41, 5.74) is 5.46. The van der Waals surface area contributed by atoms with Crippen LogP contribution in [0, 0.1) is 10.1 Å². The fourth-order valence-corrected chi connectivity index (χ4v) is 1.95. The molecule has 0 radical (unpaired) electrons. The van der Waals surface area contributed by atoms with Crippen molar-refractivity contribution in [2.24, 2.45) is 0 Å². The van der Waals surface area contributed by atoms with Gasteiger partial charge in [-0.3, -0.25) is 21.0 Å². The fraction of sp³-hybridized carbons (Fsp3) is 0.417. The normalized spacial score (nSPS) is 18.3. The molecule has 2 heterocycles. The molecular formula is C12H16ClN5O3. The third kappa shape index (κ3) is 5.44. The maximum atomic E-state index is 10.6. The van der Waals surface area contributed by atoms with E-state index in [4.69, 9.17) is 16.3 Å². The number of nitro groups is 1. The number of hydrazine groups is 1. The van der Waals surface area contributed by atoms with Crippen molar-refractivity contribution in [2.45, 2.75) is 18.9 Å². The second kappa shape index (κ2) is 7.65. The van der Waals surface area contributed by atoms with Crippen molar-refractivity contribution in [3.63, 3.8) is 0 Å². The molecule has 9 heteroatoms. The Morgan fingerprint density at radius 3 is 3.10 bits per heavy atom. The topological polar surface area (TPSA) is 101 Å². The van der Waals surface area contributed by atoms with Crippen molar-refractivity contribution >= 4 is 17.4 Å². The zero-order valence-electron chi connectivity index (χ0n) is 11.2. The highest BCUT2D eigenvalue weighted by molar-refractivity contribution is 6.30. The average Bonchev–Trinajstić information content (AvgIpc) is 2.96. The van der Waals surface area contributed by atoms with Crippen molar-refractivity contribution in [1.29, 1.82) is 0 Å². The van der Waals surface area contributed by atoms with Crippen LogP contribution in [-0.2, 0) is 4.74 Å². The van der Waals surface area contributed by atoms with Gasteiger partial charge in [0, 0.05) is 19.3 Å². The van der Waals surface area contributed by atoms with Gasteiger partial charge in [-0.1, -0.05) is 11.6 Å². The number of rotatable bonds is 7. The summed E-state index contributed by atoms with van der Waals surface area (Å²) in [5, 5.41) is 14.1. The van der Waals surface area contributed by atoms with Crippen LogP contribution in [0.15, 0.2) is 30.4 Å². The van der Waals surface area contributed by atoms with Gasteiger partial charge < -0.3 is 10.1 Å². The lowest BCUT2D eigenvalue weighted by atomic mass is 10.2. The highest BCUT2D eigenvalue weighted by atomic mass is 35.5. The van der Waals surface area contributed by atoms with Gasteiger partial charge in [0.25, 0.3) is 6.20 Å². The van der Waals surface area contributed by atoms with Crippen molar-refractivity contribution in [1.82, 2.24) is 15.7 Å². The predicted molar refractivity (Wildman–Crippen MR) is 78.1 cm³/mol. The summed E-state index contributed by atoms with van der Waals surface area (Å²) in [6, 6.07) is 3.31. The third-order valence-corrected chi connectivity index (χ3v) is 3.05. The number of hydrogen-bond donors (Lipinski definition) is 3. The first-order valence-corrected chi connectivity index (χ1v) is 6.85. The van der Waals surface area contributed by atoms with Gasteiger partial charge in [-0.05, 0) is 25.0 Å². The minimum absolute atomic E-state index is 0.0793. The Kier molecular flexibility index (Phi) is 5.59. The highest BCUT2D eigenvalue weighted by Crippen LogP contribution is 2.11. The quantitative estimate of drug-likeness (QED) is 0.518. The second-order valence-corrected chi connectivity index (χ2v) is 4.89. The Morgan fingerprint density at radius 2 is 2.48 bits per heavy atom. The molecular weight excluding hydrogens is 298 g/mol. The molecule has 0 bridgehead atoms. The van der Waals surface area contributed by atoms with Gasteiger partial charge in [0.2, 0.25) is 0 Å². The van der Waals surface area contributed by atoms with Gasteiger partial charge in [-0.2, -0.15) is 0 Å². The third-order valence-electron chi connectivity index (χ3n) is 2.83. The minimum atomic E-state index is -0.540. The number of nitrogens with one attached hydrogen (secondary N) is 3. The zero-order valence-corrected chi connectivity index (χ0v) is 12.0. The second-order valence-electron chi connectivity index (χ2n) is 4.46. The van der Waals surface area contributed by atoms with Gasteiger partial charge in [-0.25, -0.2) is 4.98 Å². The first-order chi connectivity index (χ1) is 10.1. The van der Waals surface area contributed by atoms with Crippen LogP contribution in [0.2, 0.25) is 5.02 Å². The largest absolute Gasteiger partial charge is 0.376 e. The molecule has 0 aliphatic carbocycles. The Morgan fingerprint density at radius 1 is 1.62 bits per heavy atom. The van der Waals surface area contributed by atoms with Crippen LogP contribution < -0.4 is 16.2 Å². The molecule has 8 nitrogen and oxygen atoms in total. The van der Waals surface area contributed by atoms with Crippen molar-refractivity contribution in [3.05, 3.63) is 45.5 Å². The molecule has 0 saturated carbocycles. The van der Waals surface area contributed by atoms with Gasteiger partial charge >= 0.3 is 0 Å². The first kappa shape index (κ1) is 15.3. The fourth-order valence-electron chi connectivity index (χ4n) is 1.84. The van der Waals surface area contributed by atoms with Crippen LogP contribution >= 0.6 is 11.6 Å². The number of anilines is 1. The van der Waals surface area contributed by atoms with Crippen LogP contribution in [0.5, 0.6) is 0 Å². The molecule has 21 heavy (non-hydrogen) atoms. The maximum absolute atomic E-state index is 10.6. The number of ether oxygens (including phenoxy) is 1. The van der Waals surface area contributed by atoms with E-state index >= 15 is 0 Å². The number of pyridine rings is 1. The molecule has 1 aliphatic rings. The van der Waals surface area contributed by atoms with E-state index in [1.807, 2.05) is 0 Å². The van der Waals surface area contributed by atoms with Crippen molar-refractivity contribution in [3.8, 4) is 0 Å². The van der Waals surface area contributed by atoms with E-state index in [9.17, 15) is 10.1 Å². The smallest absolute Gasteiger partial charge is 0.275 e. The molecule has 1 aromatic heterocycles. The van der Waals surface area contributed by atoms with E-state index in [-0.39, 0.29) is 11.9 Å². The Bertz CT molecular complexity index is 502. The Labute approximate surface area is 126 Å². The van der Waals surface area contributed by atoms with E-state index in [0.717, 1.165) is 25.6 Å². The summed E-state index contributed by atoms with van der Waals surface area (Å²) < 4.78 is 5.45. The Hall–Kier alpha value is -2.06. The number of nitrogens with zero attached hydrogens (tertiary/aromatic N) is 2. The monoisotopic (exact) mass is 313 g/mol. The van der Waals surface area contributed by atoms with E-state index < -0.39 is 4.92 Å². The molecule has 1 aromatic rings. The summed E-state index contributed by atoms with van der Waals surface area (Å²) >= 11 is 5.73. The lowest BCUT2D eigenvalue weighted by Crippen LogP contribution is -2.35. The van der Waals surface area contributed by atoms with E-state index in [1.165, 1.54) is 6.20 Å². The van der Waals surface area contributed by atoms with Gasteiger partial charge in [0.15, 0.2) is 5.82 Å². The molecule has 1 atom stereocenters. The van der Waals surface area contributed by atoms with Crippen molar-refractivity contribution in [2.75, 3.05) is 18.6 Å². The van der Waals surface area contributed by atoms with E-state index in [2.05, 4.69) is 21.2 Å². The van der Waals surface area contributed by atoms with Crippen LogP contribution in [0.1, 0.15) is 12.8 Å². The van der Waals surface area contributed by atoms with Crippen LogP contribution in [-0.4, -0.2) is 29.2 Å². The average molecular weight is 314 g/mol. The van der Waals surface area contributed by atoms with Crippen LogP contribution in [0.25, 0.3) is 0 Å². The maximum Gasteiger partial charge on any atom is 0.275 e. The van der Waals surface area contributed by atoms with Crippen LogP contribution in [0.4, 0.5) is 5.82 Å². The summed E-state index contributed by atoms with van der Waals surface area (Å²) in [6.07, 6.45) is 4.36. The number of aromatic nitrogens is 1. The van der Waals surface area contributed by atoms with Gasteiger partial charge in [0.05, 0.1) is 16.0 Å². The van der Waals surface area contributed by atoms with E-state index in [1.54, 1.807) is 12.1 Å². The molecule has 1 saturated heterocycles. The van der Waals surface area contributed by atoms with Gasteiger partial charge in [0.1, 0.15) is 5.82 Å². The van der Waals surface area contributed by atoms with Crippen molar-refractivity contribution < 1.29 is 9.66 Å². The lowest BCUT2D eigenvalue weighted by molar-refractivity contribution is -0.404. The molecule has 114 valence electrons.